The van der Waals surface area contributed by atoms with Gasteiger partial charge >= 0.3 is 6.61 Å². The second kappa shape index (κ2) is 7.96. The molecular formula is C18H25F2N5O3. The molecule has 1 atom stereocenters. The Kier molecular flexibility index (Phi) is 5.80. The average Bonchev–Trinajstić information content (AvgIpc) is 3.30. The van der Waals surface area contributed by atoms with Crippen LogP contribution in [0.25, 0.3) is 0 Å². The predicted molar refractivity (Wildman–Crippen MR) is 97.1 cm³/mol. The fourth-order valence-electron chi connectivity index (χ4n) is 3.11. The van der Waals surface area contributed by atoms with Crippen LogP contribution in [0.1, 0.15) is 61.6 Å². The van der Waals surface area contributed by atoms with Gasteiger partial charge in [-0.2, -0.15) is 19.0 Å². The molecule has 1 saturated heterocycles. The van der Waals surface area contributed by atoms with Crippen LogP contribution >= 0.6 is 0 Å². The van der Waals surface area contributed by atoms with E-state index in [0.29, 0.717) is 12.4 Å². The number of aromatic nitrogens is 4. The molecule has 1 fully saturated rings. The van der Waals surface area contributed by atoms with E-state index in [-0.39, 0.29) is 29.6 Å². The highest BCUT2D eigenvalue weighted by molar-refractivity contribution is 6.02. The number of carbonyl (C=O) groups excluding carboxylic acids is 1. The van der Waals surface area contributed by atoms with Gasteiger partial charge in [0.2, 0.25) is 0 Å². The summed E-state index contributed by atoms with van der Waals surface area (Å²) in [5, 5.41) is 11.5. The maximum atomic E-state index is 12.8. The van der Waals surface area contributed by atoms with Crippen molar-refractivity contribution in [2.45, 2.75) is 58.5 Å². The molecule has 0 radical (unpaired) electrons. The van der Waals surface area contributed by atoms with Gasteiger partial charge in [0.05, 0.1) is 23.5 Å². The minimum Gasteiger partial charge on any atom is -0.372 e. The minimum absolute atomic E-state index is 0.0750. The fourth-order valence-corrected chi connectivity index (χ4v) is 3.11. The Morgan fingerprint density at radius 3 is 2.75 bits per heavy atom. The molecule has 28 heavy (non-hydrogen) atoms. The first-order valence-corrected chi connectivity index (χ1v) is 9.11. The summed E-state index contributed by atoms with van der Waals surface area (Å²) >= 11 is 0. The molecule has 0 aliphatic carbocycles. The number of halogens is 2. The van der Waals surface area contributed by atoms with Crippen LogP contribution in [-0.4, -0.2) is 38.7 Å². The van der Waals surface area contributed by atoms with Gasteiger partial charge in [-0.3, -0.25) is 9.48 Å². The lowest BCUT2D eigenvalue weighted by molar-refractivity contribution is -0.138. The molecule has 1 aliphatic rings. The van der Waals surface area contributed by atoms with E-state index in [0.717, 1.165) is 18.5 Å². The SMILES string of the molecule is Cn1nc(COC(F)F)cc1C(=O)Nc1cc([C@H]2CCCO2)nn1C(C)(C)C. The van der Waals surface area contributed by atoms with Gasteiger partial charge in [0.15, 0.2) is 0 Å². The Bertz CT molecular complexity index is 835. The first-order valence-electron chi connectivity index (χ1n) is 9.11. The number of nitrogens with zero attached hydrogens (tertiary/aromatic N) is 4. The highest BCUT2D eigenvalue weighted by atomic mass is 19.3. The monoisotopic (exact) mass is 397 g/mol. The van der Waals surface area contributed by atoms with Gasteiger partial charge in [-0.15, -0.1) is 0 Å². The number of carbonyl (C=O) groups is 1. The van der Waals surface area contributed by atoms with Crippen LogP contribution in [0, 0.1) is 0 Å². The van der Waals surface area contributed by atoms with E-state index in [4.69, 9.17) is 4.74 Å². The number of alkyl halides is 2. The number of aryl methyl sites for hydroxylation is 1. The molecule has 1 amide bonds. The molecule has 3 heterocycles. The Hall–Kier alpha value is -2.33. The fraction of sp³-hybridized carbons (Fsp3) is 0.611. The highest BCUT2D eigenvalue weighted by Gasteiger charge is 2.27. The minimum atomic E-state index is -2.89. The van der Waals surface area contributed by atoms with Crippen LogP contribution in [0.3, 0.4) is 0 Å². The Morgan fingerprint density at radius 1 is 1.39 bits per heavy atom. The molecule has 0 bridgehead atoms. The topological polar surface area (TPSA) is 83.2 Å². The van der Waals surface area contributed by atoms with Crippen LogP contribution in [0.15, 0.2) is 12.1 Å². The smallest absolute Gasteiger partial charge is 0.345 e. The molecule has 154 valence electrons. The molecule has 3 rings (SSSR count). The van der Waals surface area contributed by atoms with Crippen molar-refractivity contribution in [2.24, 2.45) is 7.05 Å². The van der Waals surface area contributed by atoms with E-state index >= 15 is 0 Å². The van der Waals surface area contributed by atoms with E-state index in [1.165, 1.54) is 10.7 Å². The molecule has 0 spiro atoms. The number of anilines is 1. The van der Waals surface area contributed by atoms with Gasteiger partial charge in [0.1, 0.15) is 17.6 Å². The Labute approximate surface area is 161 Å². The van der Waals surface area contributed by atoms with Gasteiger partial charge in [0.25, 0.3) is 5.91 Å². The van der Waals surface area contributed by atoms with Gasteiger partial charge in [-0.1, -0.05) is 0 Å². The molecule has 8 nitrogen and oxygen atoms in total. The summed E-state index contributed by atoms with van der Waals surface area (Å²) < 4.78 is 37.4. The third-order valence-corrected chi connectivity index (χ3v) is 4.39. The first-order chi connectivity index (χ1) is 13.1. The lowest BCUT2D eigenvalue weighted by atomic mass is 10.1. The molecule has 0 saturated carbocycles. The summed E-state index contributed by atoms with van der Waals surface area (Å²) in [4.78, 5) is 12.8. The maximum absolute atomic E-state index is 12.8. The second-order valence-corrected chi connectivity index (χ2v) is 7.71. The lowest BCUT2D eigenvalue weighted by Crippen LogP contribution is -2.27. The molecule has 0 aromatic carbocycles. The molecule has 1 N–H and O–H groups in total. The lowest BCUT2D eigenvalue weighted by Gasteiger charge is -2.22. The van der Waals surface area contributed by atoms with E-state index in [9.17, 15) is 13.6 Å². The van der Waals surface area contributed by atoms with E-state index in [1.54, 1.807) is 11.7 Å². The predicted octanol–water partition coefficient (Wildman–Crippen LogP) is 3.21. The van der Waals surface area contributed by atoms with Crippen molar-refractivity contribution >= 4 is 11.7 Å². The van der Waals surface area contributed by atoms with Crippen LogP contribution in [-0.2, 0) is 28.7 Å². The zero-order valence-corrected chi connectivity index (χ0v) is 16.4. The first kappa shape index (κ1) is 20.4. The van der Waals surface area contributed by atoms with Crippen molar-refractivity contribution in [3.05, 3.63) is 29.2 Å². The molecular weight excluding hydrogens is 372 g/mol. The third-order valence-electron chi connectivity index (χ3n) is 4.39. The number of rotatable bonds is 6. The largest absolute Gasteiger partial charge is 0.372 e. The number of hydrogen-bond donors (Lipinski definition) is 1. The Balaban J connectivity index is 1.81. The summed E-state index contributed by atoms with van der Waals surface area (Å²) in [6.45, 7) is 3.39. The normalized spacial score (nSPS) is 17.5. The summed E-state index contributed by atoms with van der Waals surface area (Å²) in [7, 11) is 1.57. The number of amides is 1. The van der Waals surface area contributed by atoms with Gasteiger partial charge < -0.3 is 14.8 Å². The van der Waals surface area contributed by atoms with Crippen molar-refractivity contribution < 1.29 is 23.0 Å². The van der Waals surface area contributed by atoms with Crippen LogP contribution in [0.4, 0.5) is 14.6 Å². The standard InChI is InChI=1S/C18H25F2N5O3/c1-18(2,3)25-15(9-12(23-25)14-6-5-7-27-14)21-16(26)13-8-11(22-24(13)4)10-28-17(19)20/h8-9,14,17H,5-7,10H2,1-4H3,(H,21,26)/t14-/m1/s1. The van der Waals surface area contributed by atoms with Crippen molar-refractivity contribution in [3.63, 3.8) is 0 Å². The molecule has 2 aromatic heterocycles. The zero-order chi connectivity index (χ0) is 20.5. The van der Waals surface area contributed by atoms with E-state index in [2.05, 4.69) is 20.3 Å². The average molecular weight is 397 g/mol. The summed E-state index contributed by atoms with van der Waals surface area (Å²) in [6.07, 6.45) is 1.80. The van der Waals surface area contributed by atoms with Crippen molar-refractivity contribution in [2.75, 3.05) is 11.9 Å². The number of nitrogens with one attached hydrogen (secondary N) is 1. The van der Waals surface area contributed by atoms with Crippen molar-refractivity contribution in [1.29, 1.82) is 0 Å². The summed E-state index contributed by atoms with van der Waals surface area (Å²) in [6, 6.07) is 3.24. The highest BCUT2D eigenvalue weighted by Crippen LogP contribution is 2.31. The van der Waals surface area contributed by atoms with E-state index < -0.39 is 12.5 Å². The number of ether oxygens (including phenoxy) is 2. The van der Waals surface area contributed by atoms with E-state index in [1.807, 2.05) is 26.8 Å². The third kappa shape index (κ3) is 4.56. The molecule has 10 heteroatoms. The molecule has 2 aromatic rings. The van der Waals surface area contributed by atoms with Crippen LogP contribution in [0.2, 0.25) is 0 Å². The van der Waals surface area contributed by atoms with Crippen molar-refractivity contribution in [3.8, 4) is 0 Å². The zero-order valence-electron chi connectivity index (χ0n) is 16.4. The quantitative estimate of drug-likeness (QED) is 0.809. The van der Waals surface area contributed by atoms with Crippen molar-refractivity contribution in [1.82, 2.24) is 19.6 Å². The second-order valence-electron chi connectivity index (χ2n) is 7.71. The Morgan fingerprint density at radius 2 is 2.14 bits per heavy atom. The number of hydrogen-bond acceptors (Lipinski definition) is 5. The van der Waals surface area contributed by atoms with Gasteiger partial charge in [0, 0.05) is 19.7 Å². The summed E-state index contributed by atoms with van der Waals surface area (Å²) in [5.74, 6) is 0.122. The van der Waals surface area contributed by atoms with Gasteiger partial charge in [-0.25, -0.2) is 4.68 Å². The molecule has 1 aliphatic heterocycles. The van der Waals surface area contributed by atoms with Gasteiger partial charge in [-0.05, 0) is 39.7 Å². The van der Waals surface area contributed by atoms with Crippen LogP contribution in [0.5, 0.6) is 0 Å². The summed E-state index contributed by atoms with van der Waals surface area (Å²) in [5.41, 5.74) is 0.895. The van der Waals surface area contributed by atoms with Crippen LogP contribution < -0.4 is 5.32 Å². The molecule has 0 unspecified atom stereocenters. The maximum Gasteiger partial charge on any atom is 0.345 e.